The van der Waals surface area contributed by atoms with Crippen molar-refractivity contribution in [3.8, 4) is 5.75 Å². The van der Waals surface area contributed by atoms with Crippen molar-refractivity contribution in [3.63, 3.8) is 0 Å². The zero-order valence-electron chi connectivity index (χ0n) is 12.6. The highest BCUT2D eigenvalue weighted by atomic mass is 79.9. The van der Waals surface area contributed by atoms with Gasteiger partial charge < -0.3 is 15.4 Å². The minimum absolute atomic E-state index is 0.725. The summed E-state index contributed by atoms with van der Waals surface area (Å²) in [5.74, 6) is 3.15. The topological polar surface area (TPSA) is 59.1 Å². The molecular formula is C15H19BrN4O. The second-order valence-corrected chi connectivity index (χ2v) is 5.45. The van der Waals surface area contributed by atoms with E-state index in [0.29, 0.717) is 0 Å². The van der Waals surface area contributed by atoms with Gasteiger partial charge in [-0.25, -0.2) is 9.97 Å². The van der Waals surface area contributed by atoms with Gasteiger partial charge in [-0.2, -0.15) is 0 Å². The van der Waals surface area contributed by atoms with Gasteiger partial charge in [-0.05, 0) is 48.8 Å². The van der Waals surface area contributed by atoms with Crippen molar-refractivity contribution < 1.29 is 4.74 Å². The minimum Gasteiger partial charge on any atom is -0.495 e. The van der Waals surface area contributed by atoms with Crippen molar-refractivity contribution in [1.82, 2.24) is 9.97 Å². The fraction of sp³-hybridized carbons (Fsp3) is 0.333. The zero-order valence-corrected chi connectivity index (χ0v) is 14.2. The SMILES string of the molecule is CCNc1nc(C)nc(Nc2ccc(Br)c(OC)c2)c1C. The van der Waals surface area contributed by atoms with Crippen LogP contribution >= 0.6 is 15.9 Å². The number of anilines is 3. The molecule has 2 aromatic rings. The molecule has 0 aliphatic rings. The second kappa shape index (κ2) is 6.76. The van der Waals surface area contributed by atoms with E-state index in [2.05, 4.69) is 36.5 Å². The molecule has 0 atom stereocenters. The van der Waals surface area contributed by atoms with Crippen LogP contribution in [0.3, 0.4) is 0 Å². The molecule has 0 saturated heterocycles. The van der Waals surface area contributed by atoms with E-state index < -0.39 is 0 Å². The number of rotatable bonds is 5. The molecule has 0 aliphatic carbocycles. The number of methoxy groups -OCH3 is 1. The van der Waals surface area contributed by atoms with E-state index in [-0.39, 0.29) is 0 Å². The first-order valence-corrected chi connectivity index (χ1v) is 7.54. The van der Waals surface area contributed by atoms with Gasteiger partial charge in [0.25, 0.3) is 0 Å². The third-order valence-corrected chi connectivity index (χ3v) is 3.67. The molecule has 2 N–H and O–H groups in total. The van der Waals surface area contributed by atoms with Crippen LogP contribution in [0.25, 0.3) is 0 Å². The van der Waals surface area contributed by atoms with Crippen molar-refractivity contribution in [2.24, 2.45) is 0 Å². The van der Waals surface area contributed by atoms with Crippen LogP contribution in [0.15, 0.2) is 22.7 Å². The molecular weight excluding hydrogens is 332 g/mol. The maximum absolute atomic E-state index is 5.31. The van der Waals surface area contributed by atoms with Gasteiger partial charge in [0.1, 0.15) is 23.2 Å². The third-order valence-electron chi connectivity index (χ3n) is 3.02. The summed E-state index contributed by atoms with van der Waals surface area (Å²) in [7, 11) is 1.65. The van der Waals surface area contributed by atoms with Gasteiger partial charge in [-0.15, -0.1) is 0 Å². The molecule has 1 aromatic heterocycles. The first kappa shape index (κ1) is 15.6. The lowest BCUT2D eigenvalue weighted by Crippen LogP contribution is -2.07. The highest BCUT2D eigenvalue weighted by molar-refractivity contribution is 9.10. The van der Waals surface area contributed by atoms with Gasteiger partial charge in [0.05, 0.1) is 11.6 Å². The Balaban J connectivity index is 2.35. The molecule has 0 amide bonds. The molecule has 5 nitrogen and oxygen atoms in total. The van der Waals surface area contributed by atoms with Crippen LogP contribution in [0, 0.1) is 13.8 Å². The van der Waals surface area contributed by atoms with E-state index in [0.717, 1.165) is 45.5 Å². The molecule has 0 saturated carbocycles. The molecule has 0 fully saturated rings. The number of hydrogen-bond donors (Lipinski definition) is 2. The zero-order chi connectivity index (χ0) is 15.4. The quantitative estimate of drug-likeness (QED) is 0.851. The van der Waals surface area contributed by atoms with Crippen LogP contribution in [-0.2, 0) is 0 Å². The predicted octanol–water partition coefficient (Wildman–Crippen LogP) is 4.04. The average molecular weight is 351 g/mol. The van der Waals surface area contributed by atoms with Crippen molar-refractivity contribution in [1.29, 1.82) is 0 Å². The predicted molar refractivity (Wildman–Crippen MR) is 89.6 cm³/mol. The first-order chi connectivity index (χ1) is 10.0. The summed E-state index contributed by atoms with van der Waals surface area (Å²) in [6.45, 7) is 6.75. The van der Waals surface area contributed by atoms with Crippen molar-refractivity contribution in [2.45, 2.75) is 20.8 Å². The summed E-state index contributed by atoms with van der Waals surface area (Å²) in [5, 5.41) is 6.57. The average Bonchev–Trinajstić information content (AvgIpc) is 2.46. The second-order valence-electron chi connectivity index (χ2n) is 4.60. The molecule has 112 valence electrons. The van der Waals surface area contributed by atoms with E-state index in [4.69, 9.17) is 4.74 Å². The number of nitrogens with zero attached hydrogens (tertiary/aromatic N) is 2. The molecule has 0 spiro atoms. The Kier molecular flexibility index (Phi) is 5.01. The number of halogens is 1. The Bertz CT molecular complexity index is 646. The molecule has 0 aliphatic heterocycles. The fourth-order valence-electron chi connectivity index (χ4n) is 1.96. The Hall–Kier alpha value is -1.82. The summed E-state index contributed by atoms with van der Waals surface area (Å²) < 4.78 is 6.22. The summed E-state index contributed by atoms with van der Waals surface area (Å²) in [5.41, 5.74) is 1.91. The Morgan fingerprint density at radius 1 is 1.19 bits per heavy atom. The first-order valence-electron chi connectivity index (χ1n) is 6.74. The van der Waals surface area contributed by atoms with Crippen LogP contribution in [0.5, 0.6) is 5.75 Å². The minimum atomic E-state index is 0.725. The molecule has 0 radical (unpaired) electrons. The van der Waals surface area contributed by atoms with Crippen molar-refractivity contribution in [2.75, 3.05) is 24.3 Å². The van der Waals surface area contributed by atoms with Crippen LogP contribution in [0.2, 0.25) is 0 Å². The number of nitrogens with one attached hydrogen (secondary N) is 2. The smallest absolute Gasteiger partial charge is 0.139 e. The molecule has 2 rings (SSSR count). The molecule has 21 heavy (non-hydrogen) atoms. The van der Waals surface area contributed by atoms with Crippen LogP contribution in [-0.4, -0.2) is 23.6 Å². The van der Waals surface area contributed by atoms with Crippen LogP contribution in [0.4, 0.5) is 17.3 Å². The van der Waals surface area contributed by atoms with E-state index in [1.54, 1.807) is 7.11 Å². The Labute approximate surface area is 133 Å². The highest BCUT2D eigenvalue weighted by Crippen LogP contribution is 2.30. The standard InChI is InChI=1S/C15H19BrN4O/c1-5-17-14-9(2)15(19-10(3)18-14)20-11-6-7-12(16)13(8-11)21-4/h6-8H,5H2,1-4H3,(H2,17,18,19,20). The number of aryl methyl sites for hydroxylation is 1. The molecule has 0 unspecified atom stereocenters. The summed E-state index contributed by atoms with van der Waals surface area (Å²) in [6.07, 6.45) is 0. The van der Waals surface area contributed by atoms with E-state index >= 15 is 0 Å². The number of benzene rings is 1. The summed E-state index contributed by atoms with van der Waals surface area (Å²) in [4.78, 5) is 8.89. The Morgan fingerprint density at radius 2 is 1.90 bits per heavy atom. The molecule has 6 heteroatoms. The molecule has 1 heterocycles. The van der Waals surface area contributed by atoms with Gasteiger partial charge in [0.15, 0.2) is 0 Å². The van der Waals surface area contributed by atoms with E-state index in [9.17, 15) is 0 Å². The fourth-order valence-corrected chi connectivity index (χ4v) is 2.37. The van der Waals surface area contributed by atoms with E-state index in [1.165, 1.54) is 0 Å². The van der Waals surface area contributed by atoms with Gasteiger partial charge in [-0.1, -0.05) is 0 Å². The lowest BCUT2D eigenvalue weighted by atomic mass is 10.2. The van der Waals surface area contributed by atoms with Gasteiger partial charge in [-0.3, -0.25) is 0 Å². The normalized spacial score (nSPS) is 10.3. The molecule has 0 bridgehead atoms. The lowest BCUT2D eigenvalue weighted by molar-refractivity contribution is 0.412. The Morgan fingerprint density at radius 3 is 2.57 bits per heavy atom. The number of hydrogen-bond acceptors (Lipinski definition) is 5. The van der Waals surface area contributed by atoms with Crippen LogP contribution in [0.1, 0.15) is 18.3 Å². The van der Waals surface area contributed by atoms with Gasteiger partial charge in [0, 0.05) is 23.9 Å². The van der Waals surface area contributed by atoms with Crippen molar-refractivity contribution in [3.05, 3.63) is 34.1 Å². The van der Waals surface area contributed by atoms with Crippen molar-refractivity contribution >= 4 is 33.3 Å². The van der Waals surface area contributed by atoms with Gasteiger partial charge >= 0.3 is 0 Å². The number of aromatic nitrogens is 2. The maximum atomic E-state index is 5.31. The molecule has 1 aromatic carbocycles. The summed E-state index contributed by atoms with van der Waals surface area (Å²) in [6, 6.07) is 5.83. The highest BCUT2D eigenvalue weighted by Gasteiger charge is 2.10. The third kappa shape index (κ3) is 3.64. The van der Waals surface area contributed by atoms with Crippen LogP contribution < -0.4 is 15.4 Å². The maximum Gasteiger partial charge on any atom is 0.139 e. The van der Waals surface area contributed by atoms with Gasteiger partial charge in [0.2, 0.25) is 0 Å². The largest absolute Gasteiger partial charge is 0.495 e. The van der Waals surface area contributed by atoms with E-state index in [1.807, 2.05) is 39.0 Å². The lowest BCUT2D eigenvalue weighted by Gasteiger charge is -2.14. The number of ether oxygens (including phenoxy) is 1. The summed E-state index contributed by atoms with van der Waals surface area (Å²) >= 11 is 3.45. The monoisotopic (exact) mass is 350 g/mol.